The Hall–Kier alpha value is -1.60. The van der Waals surface area contributed by atoms with Gasteiger partial charge < -0.3 is 4.74 Å². The molecule has 0 bridgehead atoms. The maximum absolute atomic E-state index is 14.2. The maximum atomic E-state index is 14.2. The molecule has 0 amide bonds. The summed E-state index contributed by atoms with van der Waals surface area (Å²) < 4.78 is 19.5. The second kappa shape index (κ2) is 5.41. The zero-order valence-electron chi connectivity index (χ0n) is 12.5. The molecule has 1 saturated heterocycles. The molecule has 0 radical (unpaired) electrons. The van der Waals surface area contributed by atoms with Crippen LogP contribution in [0.15, 0.2) is 18.2 Å². The third-order valence-corrected chi connectivity index (χ3v) is 4.04. The number of rotatable bonds is 2. The predicted octanol–water partition coefficient (Wildman–Crippen LogP) is 3.17. The Morgan fingerprint density at radius 1 is 1.35 bits per heavy atom. The third kappa shape index (κ3) is 2.64. The lowest BCUT2D eigenvalue weighted by molar-refractivity contribution is 0.170. The summed E-state index contributed by atoms with van der Waals surface area (Å²) in [5.74, 6) is -0.105. The molecule has 4 heteroatoms. The molecular formula is C16H21FN2O. The van der Waals surface area contributed by atoms with Gasteiger partial charge >= 0.3 is 0 Å². The second-order valence-corrected chi connectivity index (χ2v) is 6.27. The normalized spacial score (nSPS) is 23.6. The fourth-order valence-corrected chi connectivity index (χ4v) is 2.83. The molecule has 0 unspecified atom stereocenters. The highest BCUT2D eigenvalue weighted by molar-refractivity contribution is 5.40. The van der Waals surface area contributed by atoms with E-state index < -0.39 is 0 Å². The molecule has 1 aliphatic heterocycles. The zero-order chi connectivity index (χ0) is 14.9. The van der Waals surface area contributed by atoms with Gasteiger partial charge in [-0.3, -0.25) is 4.90 Å². The quantitative estimate of drug-likeness (QED) is 0.832. The molecular weight excluding hydrogens is 255 g/mol. The van der Waals surface area contributed by atoms with Crippen LogP contribution >= 0.6 is 0 Å². The molecule has 2 rings (SSSR count). The van der Waals surface area contributed by atoms with E-state index in [0.29, 0.717) is 24.4 Å². The highest BCUT2D eigenvalue weighted by Crippen LogP contribution is 2.40. The predicted molar refractivity (Wildman–Crippen MR) is 76.1 cm³/mol. The van der Waals surface area contributed by atoms with Gasteiger partial charge in [-0.25, -0.2) is 4.39 Å². The Bertz CT molecular complexity index is 530. The first-order chi connectivity index (χ1) is 9.38. The average molecular weight is 276 g/mol. The summed E-state index contributed by atoms with van der Waals surface area (Å²) in [6, 6.07) is 7.16. The van der Waals surface area contributed by atoms with Gasteiger partial charge in [0.1, 0.15) is 11.6 Å². The standard InChI is InChI=1S/C16H21FN2O/c1-16(2,3)19-9-11(8-18)12(10-19)15-13(17)6-5-7-14(15)20-4/h5-7,11-12H,9-10H2,1-4H3/t11-,12-/m0/s1. The van der Waals surface area contributed by atoms with E-state index in [1.807, 2.05) is 0 Å². The molecule has 2 atom stereocenters. The molecule has 3 nitrogen and oxygen atoms in total. The van der Waals surface area contributed by atoms with Crippen LogP contribution in [-0.4, -0.2) is 30.6 Å². The van der Waals surface area contributed by atoms with Crippen molar-refractivity contribution in [3.05, 3.63) is 29.6 Å². The summed E-state index contributed by atoms with van der Waals surface area (Å²) in [4.78, 5) is 2.23. The summed E-state index contributed by atoms with van der Waals surface area (Å²) >= 11 is 0. The minimum absolute atomic E-state index is 0.0255. The van der Waals surface area contributed by atoms with E-state index in [1.54, 1.807) is 12.1 Å². The summed E-state index contributed by atoms with van der Waals surface area (Å²) in [6.45, 7) is 7.69. The van der Waals surface area contributed by atoms with Crippen molar-refractivity contribution in [2.24, 2.45) is 5.92 Å². The van der Waals surface area contributed by atoms with Crippen LogP contribution in [0.5, 0.6) is 5.75 Å². The Kier molecular flexibility index (Phi) is 4.01. The van der Waals surface area contributed by atoms with Gasteiger partial charge in [0, 0.05) is 30.1 Å². The Labute approximate surface area is 120 Å². The van der Waals surface area contributed by atoms with Crippen molar-refractivity contribution in [1.82, 2.24) is 4.90 Å². The average Bonchev–Trinajstić information content (AvgIpc) is 2.82. The SMILES string of the molecule is COc1cccc(F)c1[C@H]1CN(C(C)(C)C)C[C@@H]1C#N. The van der Waals surface area contributed by atoms with Gasteiger partial charge in [0.05, 0.1) is 19.1 Å². The van der Waals surface area contributed by atoms with Gasteiger partial charge in [-0.2, -0.15) is 5.26 Å². The first-order valence-corrected chi connectivity index (χ1v) is 6.85. The lowest BCUT2D eigenvalue weighted by atomic mass is 9.89. The van der Waals surface area contributed by atoms with E-state index in [-0.39, 0.29) is 23.2 Å². The lowest BCUT2D eigenvalue weighted by Gasteiger charge is -2.31. The fourth-order valence-electron chi connectivity index (χ4n) is 2.83. The molecule has 20 heavy (non-hydrogen) atoms. The van der Waals surface area contributed by atoms with Gasteiger partial charge in [-0.1, -0.05) is 6.07 Å². The third-order valence-electron chi connectivity index (χ3n) is 4.04. The molecule has 0 N–H and O–H groups in total. The first-order valence-electron chi connectivity index (χ1n) is 6.85. The number of likely N-dealkylation sites (tertiary alicyclic amines) is 1. The van der Waals surface area contributed by atoms with E-state index in [4.69, 9.17) is 4.74 Å². The van der Waals surface area contributed by atoms with Crippen molar-refractivity contribution < 1.29 is 9.13 Å². The Morgan fingerprint density at radius 2 is 2.05 bits per heavy atom. The molecule has 0 aromatic heterocycles. The molecule has 1 fully saturated rings. The largest absolute Gasteiger partial charge is 0.496 e. The summed E-state index contributed by atoms with van der Waals surface area (Å²) in [5.41, 5.74) is 0.510. The van der Waals surface area contributed by atoms with E-state index >= 15 is 0 Å². The monoisotopic (exact) mass is 276 g/mol. The van der Waals surface area contributed by atoms with Gasteiger partial charge in [-0.05, 0) is 32.9 Å². The molecule has 1 heterocycles. The molecule has 0 spiro atoms. The lowest BCUT2D eigenvalue weighted by Crippen LogP contribution is -2.39. The molecule has 1 aromatic carbocycles. The van der Waals surface area contributed by atoms with Crippen LogP contribution in [-0.2, 0) is 0 Å². The van der Waals surface area contributed by atoms with Crippen molar-refractivity contribution in [2.45, 2.75) is 32.2 Å². The first kappa shape index (κ1) is 14.8. The van der Waals surface area contributed by atoms with Gasteiger partial charge in [0.15, 0.2) is 0 Å². The highest BCUT2D eigenvalue weighted by atomic mass is 19.1. The Balaban J connectivity index is 2.40. The highest BCUT2D eigenvalue weighted by Gasteiger charge is 2.40. The van der Waals surface area contributed by atoms with Crippen LogP contribution in [0.2, 0.25) is 0 Å². The van der Waals surface area contributed by atoms with Crippen LogP contribution in [0.3, 0.4) is 0 Å². The van der Waals surface area contributed by atoms with Crippen molar-refractivity contribution >= 4 is 0 Å². The number of benzene rings is 1. The molecule has 0 saturated carbocycles. The van der Waals surface area contributed by atoms with E-state index in [2.05, 4.69) is 31.7 Å². The van der Waals surface area contributed by atoms with Crippen molar-refractivity contribution in [2.75, 3.05) is 20.2 Å². The number of nitrogens with zero attached hydrogens (tertiary/aromatic N) is 2. The minimum atomic E-state index is -0.287. The number of methoxy groups -OCH3 is 1. The van der Waals surface area contributed by atoms with Crippen molar-refractivity contribution in [3.63, 3.8) is 0 Å². The molecule has 1 aliphatic rings. The topological polar surface area (TPSA) is 36.3 Å². The summed E-state index contributed by atoms with van der Waals surface area (Å²) in [5, 5.41) is 9.40. The van der Waals surface area contributed by atoms with Crippen LogP contribution in [0, 0.1) is 23.1 Å². The number of hydrogen-bond donors (Lipinski definition) is 0. The summed E-state index contributed by atoms with van der Waals surface area (Å²) in [6.07, 6.45) is 0. The number of ether oxygens (including phenoxy) is 1. The number of nitriles is 1. The van der Waals surface area contributed by atoms with E-state index in [0.717, 1.165) is 0 Å². The van der Waals surface area contributed by atoms with Gasteiger partial charge in [0.25, 0.3) is 0 Å². The van der Waals surface area contributed by atoms with Crippen molar-refractivity contribution in [1.29, 1.82) is 5.26 Å². The molecule has 1 aromatic rings. The fraction of sp³-hybridized carbons (Fsp3) is 0.562. The minimum Gasteiger partial charge on any atom is -0.496 e. The van der Waals surface area contributed by atoms with Crippen LogP contribution in [0.25, 0.3) is 0 Å². The maximum Gasteiger partial charge on any atom is 0.130 e. The van der Waals surface area contributed by atoms with Crippen LogP contribution in [0.1, 0.15) is 32.3 Å². The molecule has 0 aliphatic carbocycles. The van der Waals surface area contributed by atoms with E-state index in [9.17, 15) is 9.65 Å². The zero-order valence-corrected chi connectivity index (χ0v) is 12.5. The smallest absolute Gasteiger partial charge is 0.130 e. The van der Waals surface area contributed by atoms with Crippen LogP contribution < -0.4 is 4.74 Å². The van der Waals surface area contributed by atoms with Gasteiger partial charge in [-0.15, -0.1) is 0 Å². The van der Waals surface area contributed by atoms with Gasteiger partial charge in [0.2, 0.25) is 0 Å². The number of halogens is 1. The van der Waals surface area contributed by atoms with E-state index in [1.165, 1.54) is 13.2 Å². The second-order valence-electron chi connectivity index (χ2n) is 6.27. The molecule has 108 valence electrons. The number of hydrogen-bond acceptors (Lipinski definition) is 3. The Morgan fingerprint density at radius 3 is 2.60 bits per heavy atom. The van der Waals surface area contributed by atoms with Crippen LogP contribution in [0.4, 0.5) is 4.39 Å². The van der Waals surface area contributed by atoms with Crippen molar-refractivity contribution in [3.8, 4) is 11.8 Å². The summed E-state index contributed by atoms with van der Waals surface area (Å²) in [7, 11) is 1.54.